The fourth-order valence-corrected chi connectivity index (χ4v) is 4.22. The van der Waals surface area contributed by atoms with Crippen LogP contribution in [0.15, 0.2) is 53.3 Å². The zero-order chi connectivity index (χ0) is 21.0. The number of allylic oxidation sites excluding steroid dienone is 2. The summed E-state index contributed by atoms with van der Waals surface area (Å²) in [5.74, 6) is -0.893. The van der Waals surface area contributed by atoms with Crippen LogP contribution in [0.5, 0.6) is 0 Å². The molecule has 1 aromatic rings. The van der Waals surface area contributed by atoms with E-state index in [9.17, 15) is 20.6 Å². The first-order chi connectivity index (χ1) is 14.0. The largest absolute Gasteiger partial charge is 0.450 e. The maximum Gasteiger partial charge on any atom is 0.410 e. The highest BCUT2D eigenvalue weighted by atomic mass is 16.6. The summed E-state index contributed by atoms with van der Waals surface area (Å²) in [5, 5.41) is 29.7. The lowest BCUT2D eigenvalue weighted by Gasteiger charge is -2.45. The van der Waals surface area contributed by atoms with E-state index in [4.69, 9.17) is 10.5 Å². The van der Waals surface area contributed by atoms with Gasteiger partial charge in [0.1, 0.15) is 6.07 Å². The molecule has 7 heteroatoms. The Hall–Kier alpha value is -3.76. The van der Waals surface area contributed by atoms with Crippen molar-refractivity contribution in [2.24, 2.45) is 23.0 Å². The molecule has 146 valence electrons. The number of ether oxygens (including phenoxy) is 1. The van der Waals surface area contributed by atoms with Crippen LogP contribution in [0.1, 0.15) is 12.5 Å². The van der Waals surface area contributed by atoms with Gasteiger partial charge in [-0.3, -0.25) is 0 Å². The van der Waals surface area contributed by atoms with Crippen LogP contribution in [0, 0.1) is 51.2 Å². The fraction of sp³-hybridized carbons (Fsp3) is 0.364. The fourth-order valence-electron chi connectivity index (χ4n) is 4.22. The van der Waals surface area contributed by atoms with Crippen molar-refractivity contribution < 1.29 is 9.53 Å². The van der Waals surface area contributed by atoms with Gasteiger partial charge in [-0.15, -0.1) is 0 Å². The Morgan fingerprint density at radius 1 is 1.28 bits per heavy atom. The number of nitriles is 3. The van der Waals surface area contributed by atoms with Crippen molar-refractivity contribution in [1.82, 2.24) is 4.90 Å². The van der Waals surface area contributed by atoms with E-state index in [2.05, 4.69) is 18.2 Å². The maximum absolute atomic E-state index is 12.3. The first kappa shape index (κ1) is 20.0. The van der Waals surface area contributed by atoms with E-state index >= 15 is 0 Å². The molecular weight excluding hydrogens is 366 g/mol. The lowest BCUT2D eigenvalue weighted by Crippen LogP contribution is -2.51. The first-order valence-corrected chi connectivity index (χ1v) is 9.41. The molecule has 0 fully saturated rings. The van der Waals surface area contributed by atoms with Crippen molar-refractivity contribution in [3.8, 4) is 18.2 Å². The van der Waals surface area contributed by atoms with E-state index in [-0.39, 0.29) is 36.9 Å². The van der Waals surface area contributed by atoms with Gasteiger partial charge in [-0.2, -0.15) is 15.8 Å². The highest BCUT2D eigenvalue weighted by Crippen LogP contribution is 2.50. The van der Waals surface area contributed by atoms with Crippen molar-refractivity contribution >= 4 is 6.09 Å². The molecular formula is C22H21N5O2. The van der Waals surface area contributed by atoms with Crippen molar-refractivity contribution in [3.05, 3.63) is 58.8 Å². The van der Waals surface area contributed by atoms with E-state index in [0.717, 1.165) is 5.56 Å². The molecule has 0 radical (unpaired) electrons. The monoisotopic (exact) mass is 387 g/mol. The van der Waals surface area contributed by atoms with Gasteiger partial charge in [-0.1, -0.05) is 36.4 Å². The highest BCUT2D eigenvalue weighted by Gasteiger charge is 2.54. The molecule has 1 amide bonds. The number of fused-ring (bicyclic) bond motifs is 1. The van der Waals surface area contributed by atoms with Crippen LogP contribution in [0.25, 0.3) is 0 Å². The van der Waals surface area contributed by atoms with Crippen molar-refractivity contribution in [2.75, 3.05) is 19.7 Å². The Morgan fingerprint density at radius 2 is 1.97 bits per heavy atom. The van der Waals surface area contributed by atoms with Crippen LogP contribution < -0.4 is 5.73 Å². The number of carbonyl (C=O) groups excluding carboxylic acids is 1. The van der Waals surface area contributed by atoms with Crippen molar-refractivity contribution in [3.63, 3.8) is 0 Å². The number of rotatable bonds is 3. The van der Waals surface area contributed by atoms with E-state index in [0.29, 0.717) is 12.0 Å². The number of carbonyl (C=O) groups is 1. The third-order valence-corrected chi connectivity index (χ3v) is 5.66. The van der Waals surface area contributed by atoms with E-state index < -0.39 is 17.4 Å². The number of hydrogen-bond donors (Lipinski definition) is 1. The predicted octanol–water partition coefficient (Wildman–Crippen LogP) is 2.64. The molecule has 2 aliphatic rings. The summed E-state index contributed by atoms with van der Waals surface area (Å²) < 4.78 is 5.12. The summed E-state index contributed by atoms with van der Waals surface area (Å²) in [6, 6.07) is 15.8. The van der Waals surface area contributed by atoms with Crippen molar-refractivity contribution in [1.29, 1.82) is 15.8 Å². The smallest absolute Gasteiger partial charge is 0.410 e. The zero-order valence-electron chi connectivity index (χ0n) is 16.1. The Kier molecular flexibility index (Phi) is 5.57. The number of hydrogen-bond acceptors (Lipinski definition) is 6. The minimum atomic E-state index is -1.65. The molecule has 1 aromatic carbocycles. The minimum absolute atomic E-state index is 0.00184. The molecule has 29 heavy (non-hydrogen) atoms. The molecule has 2 atom stereocenters. The van der Waals surface area contributed by atoms with Gasteiger partial charge in [-0.05, 0) is 24.5 Å². The molecule has 0 bridgehead atoms. The molecule has 2 N–H and O–H groups in total. The van der Waals surface area contributed by atoms with Crippen LogP contribution in [-0.2, 0) is 11.2 Å². The first-order valence-electron chi connectivity index (χ1n) is 9.41. The molecule has 0 saturated heterocycles. The van der Waals surface area contributed by atoms with Crippen LogP contribution in [0.4, 0.5) is 4.79 Å². The van der Waals surface area contributed by atoms with Crippen LogP contribution in [0.2, 0.25) is 0 Å². The zero-order valence-corrected chi connectivity index (χ0v) is 16.1. The molecule has 3 rings (SSSR count). The molecule has 1 aliphatic carbocycles. The number of nitrogens with zero attached hydrogens (tertiary/aromatic N) is 4. The Balaban J connectivity index is 2.13. The second kappa shape index (κ2) is 8.09. The van der Waals surface area contributed by atoms with Gasteiger partial charge in [-0.25, -0.2) is 4.79 Å². The van der Waals surface area contributed by atoms with Gasteiger partial charge >= 0.3 is 6.09 Å². The molecule has 0 saturated carbocycles. The second-order valence-electron chi connectivity index (χ2n) is 7.10. The standard InChI is InChI=1S/C22H21N5O2/c1-2-29-21(28)27-9-8-16-17(11-23)20(26)22(13-24,14-25)19(18(16)12-27)10-15-6-4-3-5-7-15/h3-8,18-19H,2,9-10,12,26H2,1H3/t18-,19-/m1/s1. The van der Waals surface area contributed by atoms with Crippen molar-refractivity contribution in [2.45, 2.75) is 13.3 Å². The quantitative estimate of drug-likeness (QED) is 0.849. The molecule has 1 aliphatic heterocycles. The molecule has 7 nitrogen and oxygen atoms in total. The molecule has 0 spiro atoms. The van der Waals surface area contributed by atoms with Crippen LogP contribution in [0.3, 0.4) is 0 Å². The third kappa shape index (κ3) is 3.30. The topological polar surface area (TPSA) is 127 Å². The summed E-state index contributed by atoms with van der Waals surface area (Å²) in [5.41, 5.74) is 6.42. The average molecular weight is 387 g/mol. The third-order valence-electron chi connectivity index (χ3n) is 5.66. The van der Waals surface area contributed by atoms with Gasteiger partial charge in [0.25, 0.3) is 0 Å². The van der Waals surface area contributed by atoms with Gasteiger partial charge in [0.05, 0.1) is 30.0 Å². The van der Waals surface area contributed by atoms with Gasteiger partial charge in [0, 0.05) is 24.9 Å². The number of benzene rings is 1. The van der Waals surface area contributed by atoms with Crippen LogP contribution >= 0.6 is 0 Å². The average Bonchev–Trinajstić information content (AvgIpc) is 2.75. The number of amides is 1. The SMILES string of the molecule is CCOC(=O)N1CC=C2C(C#N)=C(N)C(C#N)(C#N)[C@H](Cc3ccccc3)[C@@H]2C1. The predicted molar refractivity (Wildman–Crippen MR) is 104 cm³/mol. The lowest BCUT2D eigenvalue weighted by atomic mass is 9.58. The highest BCUT2D eigenvalue weighted by molar-refractivity contribution is 5.69. The molecule has 0 unspecified atom stereocenters. The van der Waals surface area contributed by atoms with E-state index in [1.807, 2.05) is 30.3 Å². The lowest BCUT2D eigenvalue weighted by molar-refractivity contribution is 0.0939. The summed E-state index contributed by atoms with van der Waals surface area (Å²) in [4.78, 5) is 13.8. The Labute approximate surface area is 169 Å². The Morgan fingerprint density at radius 3 is 2.55 bits per heavy atom. The van der Waals surface area contributed by atoms with E-state index in [1.54, 1.807) is 13.0 Å². The summed E-state index contributed by atoms with van der Waals surface area (Å²) >= 11 is 0. The van der Waals surface area contributed by atoms with Crippen LogP contribution in [-0.4, -0.2) is 30.7 Å². The second-order valence-corrected chi connectivity index (χ2v) is 7.10. The molecule has 1 heterocycles. The minimum Gasteiger partial charge on any atom is -0.450 e. The maximum atomic E-state index is 12.3. The summed E-state index contributed by atoms with van der Waals surface area (Å²) in [6.45, 7) is 2.52. The summed E-state index contributed by atoms with van der Waals surface area (Å²) in [7, 11) is 0. The number of nitrogens with two attached hydrogens (primary N) is 1. The van der Waals surface area contributed by atoms with E-state index in [1.165, 1.54) is 4.90 Å². The molecule has 0 aromatic heterocycles. The van der Waals surface area contributed by atoms with Gasteiger partial charge in [0.15, 0.2) is 5.41 Å². The Bertz CT molecular complexity index is 977. The normalized spacial score (nSPS) is 22.4. The summed E-state index contributed by atoms with van der Waals surface area (Å²) in [6.07, 6.45) is 1.74. The van der Waals surface area contributed by atoms with Gasteiger partial charge in [0.2, 0.25) is 0 Å². The van der Waals surface area contributed by atoms with Gasteiger partial charge < -0.3 is 15.4 Å².